The van der Waals surface area contributed by atoms with Crippen LogP contribution in [0.1, 0.15) is 24.0 Å². The van der Waals surface area contributed by atoms with Crippen molar-refractivity contribution in [1.82, 2.24) is 20.4 Å². The Hall–Kier alpha value is -4.08. The molecule has 2 aromatic carbocycles. The molecule has 8 nitrogen and oxygen atoms in total. The molecule has 1 amide bonds. The number of alkyl halides is 3. The van der Waals surface area contributed by atoms with Gasteiger partial charge in [0.1, 0.15) is 18.2 Å². The van der Waals surface area contributed by atoms with E-state index in [1.807, 2.05) is 0 Å². The van der Waals surface area contributed by atoms with Crippen molar-refractivity contribution in [3.8, 4) is 18.6 Å². The molecule has 1 saturated heterocycles. The number of carbonyl (C=O) groups is 1. The molecule has 0 aliphatic carbocycles. The average Bonchev–Trinajstić information content (AvgIpc) is 3.52. The summed E-state index contributed by atoms with van der Waals surface area (Å²) < 4.78 is 55.5. The molecule has 13 heteroatoms. The minimum absolute atomic E-state index is 0.0927. The predicted octanol–water partition coefficient (Wildman–Crippen LogP) is 5.86. The number of carbonyl (C=O) groups excluding carboxylic acids is 1. The predicted molar refractivity (Wildman–Crippen MR) is 161 cm³/mol. The third kappa shape index (κ3) is 12.0. The van der Waals surface area contributed by atoms with Crippen molar-refractivity contribution in [1.29, 1.82) is 0 Å². The van der Waals surface area contributed by atoms with Crippen molar-refractivity contribution in [2.45, 2.75) is 32.3 Å². The lowest BCUT2D eigenvalue weighted by Gasteiger charge is -2.17. The number of amides is 1. The van der Waals surface area contributed by atoms with E-state index in [0.29, 0.717) is 30.7 Å². The molecule has 232 valence electrons. The number of hydrogen-bond donors (Lipinski definition) is 3. The Morgan fingerprint density at radius 1 is 1.14 bits per heavy atom. The summed E-state index contributed by atoms with van der Waals surface area (Å²) in [6.07, 6.45) is 8.42. The molecule has 0 spiro atoms. The molecule has 0 radical (unpaired) electrons. The van der Waals surface area contributed by atoms with Crippen LogP contribution in [0.15, 0.2) is 48.7 Å². The molecule has 1 aliphatic rings. The number of anilines is 3. The van der Waals surface area contributed by atoms with Crippen LogP contribution in [0.2, 0.25) is 5.02 Å². The summed E-state index contributed by atoms with van der Waals surface area (Å²) in [6.45, 7) is 3.41. The lowest BCUT2D eigenvalue weighted by Crippen LogP contribution is -2.36. The lowest BCUT2D eigenvalue weighted by atomic mass is 10.1. The number of benzene rings is 2. The largest absolute Gasteiger partial charge is 0.487 e. The molecule has 43 heavy (non-hydrogen) atoms. The third-order valence-corrected chi connectivity index (χ3v) is 6.48. The van der Waals surface area contributed by atoms with Gasteiger partial charge in [-0.05, 0) is 61.8 Å². The van der Waals surface area contributed by atoms with Gasteiger partial charge in [-0.25, -0.2) is 13.2 Å². The first-order valence-corrected chi connectivity index (χ1v) is 13.8. The number of aromatic nitrogens is 2. The monoisotopic (exact) mass is 622 g/mol. The molecular formula is C30H35ClF4N6O2. The number of nitrogens with zero attached hydrogens (tertiary/aromatic N) is 3. The van der Waals surface area contributed by atoms with Gasteiger partial charge in [-0.15, -0.1) is 17.9 Å². The fourth-order valence-electron chi connectivity index (χ4n) is 4.24. The van der Waals surface area contributed by atoms with Gasteiger partial charge in [0.25, 0.3) is 0 Å². The van der Waals surface area contributed by atoms with Gasteiger partial charge in [0.2, 0.25) is 12.3 Å². The Balaban J connectivity index is 0.00000155. The highest BCUT2D eigenvalue weighted by Crippen LogP contribution is 2.32. The molecule has 3 N–H and O–H groups in total. The molecule has 0 saturated carbocycles. The van der Waals surface area contributed by atoms with E-state index in [4.69, 9.17) is 16.3 Å². The minimum atomic E-state index is -2.65. The molecule has 0 bridgehead atoms. The van der Waals surface area contributed by atoms with Crippen LogP contribution in [0.4, 0.5) is 34.8 Å². The van der Waals surface area contributed by atoms with Crippen LogP contribution in [0, 0.1) is 18.7 Å². The maximum Gasteiger partial charge on any atom is 0.242 e. The smallest absolute Gasteiger partial charge is 0.242 e. The fourth-order valence-corrected chi connectivity index (χ4v) is 4.48. The van der Waals surface area contributed by atoms with Crippen LogP contribution in [-0.4, -0.2) is 67.3 Å². The summed E-state index contributed by atoms with van der Waals surface area (Å²) >= 11 is 6.36. The summed E-state index contributed by atoms with van der Waals surface area (Å²) in [7, 11) is 0.500. The van der Waals surface area contributed by atoms with Crippen molar-refractivity contribution in [2.75, 3.05) is 50.5 Å². The van der Waals surface area contributed by atoms with Crippen molar-refractivity contribution in [3.05, 3.63) is 70.6 Å². The first kappa shape index (κ1) is 35.1. The van der Waals surface area contributed by atoms with E-state index in [9.17, 15) is 22.4 Å². The summed E-state index contributed by atoms with van der Waals surface area (Å²) in [5.74, 6) is -0.128. The van der Waals surface area contributed by atoms with Gasteiger partial charge in [0.15, 0.2) is 5.82 Å². The van der Waals surface area contributed by atoms with Crippen LogP contribution < -0.4 is 20.7 Å². The minimum Gasteiger partial charge on any atom is -0.487 e. The second-order valence-electron chi connectivity index (χ2n) is 9.12. The van der Waals surface area contributed by atoms with Crippen molar-refractivity contribution in [3.63, 3.8) is 0 Å². The third-order valence-electron chi connectivity index (χ3n) is 6.18. The highest BCUT2D eigenvalue weighted by molar-refractivity contribution is 6.32. The van der Waals surface area contributed by atoms with Gasteiger partial charge in [0.05, 0.1) is 30.6 Å². The Kier molecular flexibility index (Phi) is 15.7. The fraction of sp³-hybridized carbons (Fsp3) is 0.367. The zero-order valence-corrected chi connectivity index (χ0v) is 24.5. The molecule has 1 aliphatic heterocycles. The number of likely N-dealkylation sites (tertiary alicyclic amines) is 1. The van der Waals surface area contributed by atoms with Crippen LogP contribution in [-0.2, 0) is 17.8 Å². The number of terminal acetylenes is 1. The second kappa shape index (κ2) is 19.2. The maximum absolute atomic E-state index is 13.5. The van der Waals surface area contributed by atoms with E-state index < -0.39 is 12.8 Å². The Morgan fingerprint density at radius 3 is 2.56 bits per heavy atom. The number of halogens is 5. The molecule has 0 unspecified atom stereocenters. The quantitative estimate of drug-likeness (QED) is 0.163. The molecule has 1 aromatic heterocycles. The van der Waals surface area contributed by atoms with Gasteiger partial charge in [-0.2, -0.15) is 5.10 Å². The van der Waals surface area contributed by atoms with Gasteiger partial charge < -0.3 is 25.6 Å². The van der Waals surface area contributed by atoms with Crippen LogP contribution in [0.25, 0.3) is 0 Å². The van der Waals surface area contributed by atoms with Crippen LogP contribution in [0.5, 0.6) is 5.75 Å². The van der Waals surface area contributed by atoms with E-state index in [0.717, 1.165) is 19.6 Å². The lowest BCUT2D eigenvalue weighted by molar-refractivity contribution is -0.119. The Labute approximate surface area is 254 Å². The molecule has 2 heterocycles. The summed E-state index contributed by atoms with van der Waals surface area (Å²) in [5, 5.41) is 16.9. The Morgan fingerprint density at radius 2 is 1.88 bits per heavy atom. The first-order valence-electron chi connectivity index (χ1n) is 13.4. The number of hydrogen-bond acceptors (Lipinski definition) is 7. The highest BCUT2D eigenvalue weighted by Gasteiger charge is 2.18. The molecule has 4 rings (SSSR count). The van der Waals surface area contributed by atoms with Gasteiger partial charge in [-0.1, -0.05) is 23.7 Å². The first-order chi connectivity index (χ1) is 20.9. The van der Waals surface area contributed by atoms with E-state index in [1.54, 1.807) is 30.3 Å². The zero-order chi connectivity index (χ0) is 31.6. The molecule has 1 fully saturated rings. The van der Waals surface area contributed by atoms with Crippen LogP contribution in [0.3, 0.4) is 0 Å². The summed E-state index contributed by atoms with van der Waals surface area (Å²) in [4.78, 5) is 14.6. The van der Waals surface area contributed by atoms with E-state index in [1.165, 1.54) is 31.2 Å². The van der Waals surface area contributed by atoms with E-state index in [2.05, 4.69) is 43.9 Å². The maximum atomic E-state index is 13.5. The number of nitrogens with one attached hydrogen (secondary N) is 3. The zero-order valence-electron chi connectivity index (χ0n) is 23.8. The van der Waals surface area contributed by atoms with Gasteiger partial charge in [-0.3, -0.25) is 9.18 Å². The van der Waals surface area contributed by atoms with Crippen molar-refractivity contribution in [2.24, 2.45) is 0 Å². The number of ether oxygens (including phenoxy) is 1. The van der Waals surface area contributed by atoms with Crippen LogP contribution >= 0.6 is 11.6 Å². The standard InChI is InChI=1S/C27H30ClF3N6O2.C2H2.CH3F/c28-22-13-20(6-7-24(22)39-17-18-4-3-5-19(29)12-18)35-27-21(14-25(30)31)23(15-34-36-27)33-16-26(38)32-8-11-37-9-1-2-10-37;2*1-2/h3-7,12-13,15,25H,1-2,8-11,14,16-17H2,(H,32,38)(H2,33,35,36);1-2H;1H3. The highest BCUT2D eigenvalue weighted by atomic mass is 35.5. The van der Waals surface area contributed by atoms with Gasteiger partial charge >= 0.3 is 0 Å². The SMILES string of the molecule is C#C.CF.O=C(CNc1cnnc(Nc2ccc(OCc3cccc(F)c3)c(Cl)c2)c1CC(F)F)NCCN1CCCC1. The summed E-state index contributed by atoms with van der Waals surface area (Å²) in [6, 6.07) is 10.8. The number of rotatable bonds is 13. The molecule has 0 atom stereocenters. The Bertz CT molecular complexity index is 1310. The second-order valence-corrected chi connectivity index (χ2v) is 9.53. The van der Waals surface area contributed by atoms with E-state index in [-0.39, 0.29) is 47.0 Å². The molecular weight excluding hydrogens is 588 g/mol. The molecule has 3 aromatic rings. The normalized spacial score (nSPS) is 12.4. The van der Waals surface area contributed by atoms with Crippen molar-refractivity contribution < 1.29 is 27.1 Å². The topological polar surface area (TPSA) is 91.4 Å². The van der Waals surface area contributed by atoms with Gasteiger partial charge in [0, 0.05) is 30.8 Å². The summed E-state index contributed by atoms with van der Waals surface area (Å²) in [5.41, 5.74) is 1.58. The van der Waals surface area contributed by atoms with E-state index >= 15 is 0 Å². The van der Waals surface area contributed by atoms with Crippen molar-refractivity contribution >= 4 is 34.7 Å². The average molecular weight is 623 g/mol.